The number of nitro groups is 2. The number of carbonyl (C=O) groups is 3. The lowest BCUT2D eigenvalue weighted by Crippen LogP contribution is -2.37. The minimum Gasteiger partial charge on any atom is -0.512 e. The van der Waals surface area contributed by atoms with Gasteiger partial charge in [-0.1, -0.05) is 6.07 Å². The van der Waals surface area contributed by atoms with E-state index >= 15 is 0 Å². The van der Waals surface area contributed by atoms with Crippen LogP contribution in [0.3, 0.4) is 0 Å². The number of hydrogen-bond donors (Lipinski definition) is 1. The molecule has 0 bridgehead atoms. The molecule has 0 amide bonds. The van der Waals surface area contributed by atoms with Crippen LogP contribution in [0.1, 0.15) is 50.0 Å². The standard InChI is InChI=1S/C19H18N2O8/c22-13-3-1-4-14(23)18(13)17(19-15(24)5-2-6-16(19)25)10-7-8-11(20(26)27)12(9-10)21(28)29/h7-9,17-18,24H,1-6H2/t17-/m1/s1. The number of Topliss-reactive ketones (excluding diaryl/α,β-unsaturated/α-hetero) is 3. The molecule has 3 rings (SSSR count). The summed E-state index contributed by atoms with van der Waals surface area (Å²) >= 11 is 0. The number of aliphatic hydroxyl groups excluding tert-OH is 1. The SMILES string of the molecule is O=C1CCCC(O)=C1[C@H](c1ccc([N+](=O)[O-])c([N+](=O)[O-])c1)C1C(=O)CCCC1=O. The van der Waals surface area contributed by atoms with Crippen LogP contribution in [0.4, 0.5) is 11.4 Å². The quantitative estimate of drug-likeness (QED) is 0.447. The van der Waals surface area contributed by atoms with Gasteiger partial charge in [-0.3, -0.25) is 34.6 Å². The summed E-state index contributed by atoms with van der Waals surface area (Å²) in [6.45, 7) is 0. The molecular formula is C19H18N2O8. The third kappa shape index (κ3) is 3.78. The van der Waals surface area contributed by atoms with Crippen molar-refractivity contribution in [1.82, 2.24) is 0 Å². The Morgan fingerprint density at radius 3 is 2.03 bits per heavy atom. The van der Waals surface area contributed by atoms with Gasteiger partial charge in [0, 0.05) is 49.3 Å². The average molecular weight is 402 g/mol. The molecule has 1 saturated carbocycles. The number of aliphatic hydroxyl groups is 1. The minimum absolute atomic E-state index is 0.0488. The molecule has 0 radical (unpaired) electrons. The van der Waals surface area contributed by atoms with Gasteiger partial charge < -0.3 is 5.11 Å². The Balaban J connectivity index is 2.24. The number of hydrogen-bond acceptors (Lipinski definition) is 8. The first-order chi connectivity index (χ1) is 13.7. The second-order valence-electron chi connectivity index (χ2n) is 7.14. The Labute approximate surface area is 164 Å². The third-order valence-electron chi connectivity index (χ3n) is 5.37. The lowest BCUT2D eigenvalue weighted by atomic mass is 9.69. The Kier molecular flexibility index (Phi) is 5.53. The predicted molar refractivity (Wildman–Crippen MR) is 98.4 cm³/mol. The van der Waals surface area contributed by atoms with Crippen LogP contribution >= 0.6 is 0 Å². The van der Waals surface area contributed by atoms with E-state index in [-0.39, 0.29) is 42.6 Å². The monoisotopic (exact) mass is 402 g/mol. The van der Waals surface area contributed by atoms with Crippen molar-refractivity contribution >= 4 is 28.7 Å². The lowest BCUT2D eigenvalue weighted by Gasteiger charge is -2.31. The van der Waals surface area contributed by atoms with Crippen molar-refractivity contribution in [2.24, 2.45) is 5.92 Å². The van der Waals surface area contributed by atoms with Crippen molar-refractivity contribution in [3.8, 4) is 0 Å². The first kappa shape index (κ1) is 20.3. The molecule has 0 aromatic heterocycles. The summed E-state index contributed by atoms with van der Waals surface area (Å²) in [5.74, 6) is -3.98. The molecule has 1 aromatic rings. The van der Waals surface area contributed by atoms with E-state index in [2.05, 4.69) is 0 Å². The lowest BCUT2D eigenvalue weighted by molar-refractivity contribution is -0.422. The first-order valence-electron chi connectivity index (χ1n) is 9.15. The van der Waals surface area contributed by atoms with Crippen molar-refractivity contribution < 1.29 is 29.3 Å². The summed E-state index contributed by atoms with van der Waals surface area (Å²) in [4.78, 5) is 58.4. The molecule has 1 atom stereocenters. The number of allylic oxidation sites excluding steroid dienone is 2. The summed E-state index contributed by atoms with van der Waals surface area (Å²) in [6.07, 6.45) is 1.31. The number of carbonyl (C=O) groups excluding carboxylic acids is 3. The van der Waals surface area contributed by atoms with Crippen molar-refractivity contribution in [2.75, 3.05) is 0 Å². The van der Waals surface area contributed by atoms with E-state index in [4.69, 9.17) is 0 Å². The van der Waals surface area contributed by atoms with E-state index in [0.29, 0.717) is 12.8 Å². The molecule has 0 saturated heterocycles. The molecule has 152 valence electrons. The predicted octanol–water partition coefficient (Wildman–Crippen LogP) is 3.09. The zero-order chi connectivity index (χ0) is 21.3. The van der Waals surface area contributed by atoms with Gasteiger partial charge in [0.2, 0.25) is 0 Å². The highest BCUT2D eigenvalue weighted by Gasteiger charge is 2.43. The zero-order valence-electron chi connectivity index (χ0n) is 15.3. The van der Waals surface area contributed by atoms with Gasteiger partial charge in [-0.05, 0) is 18.4 Å². The van der Waals surface area contributed by atoms with Crippen LogP contribution in [0.2, 0.25) is 0 Å². The van der Waals surface area contributed by atoms with Crippen LogP contribution in [0.25, 0.3) is 0 Å². The molecular weight excluding hydrogens is 384 g/mol. The van der Waals surface area contributed by atoms with Crippen molar-refractivity contribution in [2.45, 2.75) is 44.4 Å². The fourth-order valence-corrected chi connectivity index (χ4v) is 4.06. The molecule has 0 heterocycles. The molecule has 2 aliphatic rings. The summed E-state index contributed by atoms with van der Waals surface area (Å²) in [5.41, 5.74) is -1.61. The Morgan fingerprint density at radius 1 is 0.897 bits per heavy atom. The Hall–Kier alpha value is -3.43. The van der Waals surface area contributed by atoms with E-state index in [1.165, 1.54) is 6.07 Å². The highest BCUT2D eigenvalue weighted by Crippen LogP contribution is 2.43. The van der Waals surface area contributed by atoms with Crippen LogP contribution in [0, 0.1) is 26.1 Å². The van der Waals surface area contributed by atoms with Crippen LogP contribution in [0.15, 0.2) is 29.5 Å². The molecule has 2 aliphatic carbocycles. The maximum Gasteiger partial charge on any atom is 0.346 e. The number of nitrogens with zero attached hydrogens (tertiary/aromatic N) is 2. The zero-order valence-corrected chi connectivity index (χ0v) is 15.3. The van der Waals surface area contributed by atoms with E-state index in [9.17, 15) is 39.7 Å². The molecule has 1 fully saturated rings. The number of ketones is 3. The second-order valence-corrected chi connectivity index (χ2v) is 7.14. The fraction of sp³-hybridized carbons (Fsp3) is 0.421. The first-order valence-corrected chi connectivity index (χ1v) is 9.15. The van der Waals surface area contributed by atoms with Crippen LogP contribution in [-0.2, 0) is 14.4 Å². The van der Waals surface area contributed by atoms with Gasteiger partial charge in [0.25, 0.3) is 0 Å². The van der Waals surface area contributed by atoms with Gasteiger partial charge in [-0.2, -0.15) is 0 Å². The molecule has 1 N–H and O–H groups in total. The second kappa shape index (κ2) is 7.90. The Morgan fingerprint density at radius 2 is 1.48 bits per heavy atom. The molecule has 10 nitrogen and oxygen atoms in total. The van der Waals surface area contributed by atoms with Gasteiger partial charge in [-0.15, -0.1) is 0 Å². The molecule has 0 spiro atoms. The van der Waals surface area contributed by atoms with Gasteiger partial charge in [0.05, 0.1) is 21.5 Å². The molecule has 0 aliphatic heterocycles. The van der Waals surface area contributed by atoms with Gasteiger partial charge in [0.1, 0.15) is 11.6 Å². The van der Waals surface area contributed by atoms with Gasteiger partial charge in [0.15, 0.2) is 5.78 Å². The summed E-state index contributed by atoms with van der Waals surface area (Å²) in [5, 5.41) is 32.8. The van der Waals surface area contributed by atoms with Crippen molar-refractivity contribution in [1.29, 1.82) is 0 Å². The normalized spacial score (nSPS) is 19.4. The number of rotatable bonds is 5. The topological polar surface area (TPSA) is 158 Å². The van der Waals surface area contributed by atoms with E-state index in [1.54, 1.807) is 0 Å². The van der Waals surface area contributed by atoms with E-state index < -0.39 is 50.4 Å². The highest BCUT2D eigenvalue weighted by atomic mass is 16.6. The molecule has 1 aromatic carbocycles. The molecule has 10 heteroatoms. The average Bonchev–Trinajstić information content (AvgIpc) is 2.65. The van der Waals surface area contributed by atoms with Gasteiger partial charge in [-0.25, -0.2) is 0 Å². The van der Waals surface area contributed by atoms with Gasteiger partial charge >= 0.3 is 11.4 Å². The largest absolute Gasteiger partial charge is 0.512 e. The van der Waals surface area contributed by atoms with Crippen molar-refractivity contribution in [3.05, 3.63) is 55.3 Å². The van der Waals surface area contributed by atoms with E-state index in [0.717, 1.165) is 12.1 Å². The van der Waals surface area contributed by atoms with Crippen LogP contribution < -0.4 is 0 Å². The summed E-state index contributed by atoms with van der Waals surface area (Å²) in [6, 6.07) is 3.04. The maximum absolute atomic E-state index is 12.6. The van der Waals surface area contributed by atoms with Crippen LogP contribution in [0.5, 0.6) is 0 Å². The number of nitro benzene ring substituents is 2. The fourth-order valence-electron chi connectivity index (χ4n) is 4.06. The molecule has 0 unspecified atom stereocenters. The third-order valence-corrected chi connectivity index (χ3v) is 5.37. The number of benzene rings is 1. The van der Waals surface area contributed by atoms with Crippen LogP contribution in [-0.4, -0.2) is 32.3 Å². The molecule has 29 heavy (non-hydrogen) atoms. The minimum atomic E-state index is -1.26. The Bertz CT molecular complexity index is 949. The highest BCUT2D eigenvalue weighted by molar-refractivity contribution is 6.08. The maximum atomic E-state index is 12.6. The van der Waals surface area contributed by atoms with E-state index in [1.807, 2.05) is 0 Å². The summed E-state index contributed by atoms with van der Waals surface area (Å²) < 4.78 is 0. The van der Waals surface area contributed by atoms with Crippen molar-refractivity contribution in [3.63, 3.8) is 0 Å². The smallest absolute Gasteiger partial charge is 0.346 e. The summed E-state index contributed by atoms with van der Waals surface area (Å²) in [7, 11) is 0.